The molecule has 2 rings (SSSR count). The van der Waals surface area contributed by atoms with Gasteiger partial charge < -0.3 is 0 Å². The Morgan fingerprint density at radius 3 is 2.55 bits per heavy atom. The molecule has 1 saturated heterocycles. The highest BCUT2D eigenvalue weighted by atomic mass is 32.1. The summed E-state index contributed by atoms with van der Waals surface area (Å²) in [6.45, 7) is 7.91. The molecule has 0 bridgehead atoms. The molecule has 1 fully saturated rings. The van der Waals surface area contributed by atoms with Crippen LogP contribution in [-0.4, -0.2) is 23.9 Å². The van der Waals surface area contributed by atoms with E-state index in [0.29, 0.717) is 10.3 Å². The fourth-order valence-electron chi connectivity index (χ4n) is 3.02. The Bertz CT molecular complexity index is 444. The number of amides is 1. The van der Waals surface area contributed by atoms with Gasteiger partial charge in [-0.05, 0) is 43.5 Å². The van der Waals surface area contributed by atoms with E-state index in [1.807, 2.05) is 12.1 Å². The second kappa shape index (κ2) is 6.70. The van der Waals surface area contributed by atoms with Crippen LogP contribution in [0.25, 0.3) is 0 Å². The van der Waals surface area contributed by atoms with Gasteiger partial charge in [0, 0.05) is 11.4 Å². The molecule has 112 valence electrons. The van der Waals surface area contributed by atoms with Gasteiger partial charge >= 0.3 is 0 Å². The highest BCUT2D eigenvalue weighted by Crippen LogP contribution is 2.38. The summed E-state index contributed by atoms with van der Waals surface area (Å²) in [6, 6.07) is 3.89. The van der Waals surface area contributed by atoms with Crippen molar-refractivity contribution in [1.82, 2.24) is 10.3 Å². The molecule has 20 heavy (non-hydrogen) atoms. The Morgan fingerprint density at radius 1 is 1.35 bits per heavy atom. The number of nitrogens with zero attached hydrogens (tertiary/aromatic N) is 1. The third-order valence-corrected chi connectivity index (χ3v) is 5.88. The lowest BCUT2D eigenvalue weighted by Crippen LogP contribution is -2.39. The number of hydrogen-bond acceptors (Lipinski definition) is 4. The van der Waals surface area contributed by atoms with Crippen molar-refractivity contribution in [3.8, 4) is 0 Å². The maximum absolute atomic E-state index is 11.4. The first-order valence-electron chi connectivity index (χ1n) is 7.44. The smallest absolute Gasteiger partial charge is 0.275 e. The molecule has 1 aromatic heterocycles. The van der Waals surface area contributed by atoms with Gasteiger partial charge in [-0.2, -0.15) is 0 Å². The molecular weight excluding hydrogens is 270 g/mol. The lowest BCUT2D eigenvalue weighted by Gasteiger charge is -2.40. The van der Waals surface area contributed by atoms with Gasteiger partial charge in [0.25, 0.3) is 5.91 Å². The fourth-order valence-corrected chi connectivity index (χ4v) is 3.97. The number of nitrogens with one attached hydrogen (secondary N) is 1. The standard InChI is InChI=1S/C15H25N3OS/c1-3-15(4-2)7-9-18(10-8-15)11-12-5-6-13(20-12)14(19)17-16/h5-6H,3-4,7-11,16H2,1-2H3,(H,17,19). The molecule has 2 heterocycles. The molecule has 0 unspecified atom stereocenters. The summed E-state index contributed by atoms with van der Waals surface area (Å²) in [7, 11) is 0. The lowest BCUT2D eigenvalue weighted by molar-refractivity contribution is 0.0915. The number of carbonyl (C=O) groups excluding carboxylic acids is 1. The van der Waals surface area contributed by atoms with Crippen molar-refractivity contribution in [1.29, 1.82) is 0 Å². The number of carbonyl (C=O) groups is 1. The van der Waals surface area contributed by atoms with Crippen LogP contribution in [0, 0.1) is 5.41 Å². The highest BCUT2D eigenvalue weighted by Gasteiger charge is 2.31. The SMILES string of the molecule is CCC1(CC)CCN(Cc2ccc(C(=O)NN)s2)CC1. The molecule has 1 aromatic rings. The molecule has 0 aliphatic carbocycles. The van der Waals surface area contributed by atoms with Gasteiger partial charge in [0.15, 0.2) is 0 Å². The molecule has 0 radical (unpaired) electrons. The van der Waals surface area contributed by atoms with Crippen LogP contribution in [-0.2, 0) is 6.54 Å². The van der Waals surface area contributed by atoms with E-state index in [0.717, 1.165) is 19.6 Å². The zero-order valence-electron chi connectivity index (χ0n) is 12.4. The summed E-state index contributed by atoms with van der Waals surface area (Å²) in [5.41, 5.74) is 2.75. The minimum Gasteiger partial charge on any atom is -0.298 e. The predicted octanol–water partition coefficient (Wildman–Crippen LogP) is 2.75. The Hall–Kier alpha value is -0.910. The number of piperidine rings is 1. The molecule has 3 N–H and O–H groups in total. The zero-order valence-corrected chi connectivity index (χ0v) is 13.3. The number of hydrogen-bond donors (Lipinski definition) is 2. The molecule has 1 amide bonds. The van der Waals surface area contributed by atoms with E-state index in [9.17, 15) is 4.79 Å². The van der Waals surface area contributed by atoms with Gasteiger partial charge in [-0.3, -0.25) is 15.1 Å². The summed E-state index contributed by atoms with van der Waals surface area (Å²) >= 11 is 1.54. The van der Waals surface area contributed by atoms with Crippen molar-refractivity contribution < 1.29 is 4.79 Å². The molecule has 1 aliphatic rings. The van der Waals surface area contributed by atoms with E-state index in [1.54, 1.807) is 0 Å². The van der Waals surface area contributed by atoms with Crippen LogP contribution in [0.5, 0.6) is 0 Å². The minimum atomic E-state index is -0.198. The summed E-state index contributed by atoms with van der Waals surface area (Å²) in [5.74, 6) is 4.96. The number of likely N-dealkylation sites (tertiary alicyclic amines) is 1. The minimum absolute atomic E-state index is 0.198. The second-order valence-corrected chi connectivity index (χ2v) is 6.89. The van der Waals surface area contributed by atoms with Crippen LogP contribution in [0.4, 0.5) is 0 Å². The van der Waals surface area contributed by atoms with Gasteiger partial charge in [-0.25, -0.2) is 5.84 Å². The Balaban J connectivity index is 1.89. The van der Waals surface area contributed by atoms with Crippen LogP contribution in [0.3, 0.4) is 0 Å². The lowest BCUT2D eigenvalue weighted by atomic mass is 9.74. The first-order chi connectivity index (χ1) is 9.62. The summed E-state index contributed by atoms with van der Waals surface area (Å²) in [6.07, 6.45) is 5.16. The molecule has 0 spiro atoms. The fraction of sp³-hybridized carbons (Fsp3) is 0.667. The van der Waals surface area contributed by atoms with Crippen LogP contribution < -0.4 is 11.3 Å². The molecular formula is C15H25N3OS. The van der Waals surface area contributed by atoms with Crippen LogP contribution in [0.1, 0.15) is 54.1 Å². The third kappa shape index (κ3) is 3.40. The molecule has 5 heteroatoms. The number of rotatable bonds is 5. The van der Waals surface area contributed by atoms with Crippen molar-refractivity contribution >= 4 is 17.2 Å². The molecule has 0 atom stereocenters. The molecule has 0 aromatic carbocycles. The average molecular weight is 295 g/mol. The molecule has 0 saturated carbocycles. The normalized spacial score (nSPS) is 18.9. The maximum Gasteiger partial charge on any atom is 0.275 e. The predicted molar refractivity (Wildman–Crippen MR) is 83.5 cm³/mol. The van der Waals surface area contributed by atoms with Crippen LogP contribution >= 0.6 is 11.3 Å². The number of hydrazine groups is 1. The van der Waals surface area contributed by atoms with Gasteiger partial charge in [0.2, 0.25) is 0 Å². The van der Waals surface area contributed by atoms with Gasteiger partial charge in [-0.15, -0.1) is 11.3 Å². The van der Waals surface area contributed by atoms with Crippen LogP contribution in [0.2, 0.25) is 0 Å². The average Bonchev–Trinajstić information content (AvgIpc) is 2.96. The first-order valence-corrected chi connectivity index (χ1v) is 8.26. The van der Waals surface area contributed by atoms with E-state index < -0.39 is 0 Å². The Kier molecular flexibility index (Phi) is 5.18. The van der Waals surface area contributed by atoms with E-state index in [-0.39, 0.29) is 5.91 Å². The largest absolute Gasteiger partial charge is 0.298 e. The summed E-state index contributed by atoms with van der Waals surface area (Å²) < 4.78 is 0. The van der Waals surface area contributed by atoms with Crippen molar-refractivity contribution in [3.05, 3.63) is 21.9 Å². The van der Waals surface area contributed by atoms with E-state index in [2.05, 4.69) is 24.2 Å². The maximum atomic E-state index is 11.4. The Morgan fingerprint density at radius 2 is 2.00 bits per heavy atom. The molecule has 1 aliphatic heterocycles. The van der Waals surface area contributed by atoms with Gasteiger partial charge in [0.05, 0.1) is 4.88 Å². The van der Waals surface area contributed by atoms with Crippen molar-refractivity contribution in [3.63, 3.8) is 0 Å². The van der Waals surface area contributed by atoms with Crippen molar-refractivity contribution in [2.75, 3.05) is 13.1 Å². The third-order valence-electron chi connectivity index (χ3n) is 4.81. The topological polar surface area (TPSA) is 58.4 Å². The first kappa shape index (κ1) is 15.5. The van der Waals surface area contributed by atoms with E-state index >= 15 is 0 Å². The number of nitrogen functional groups attached to an aromatic ring is 1. The van der Waals surface area contributed by atoms with Gasteiger partial charge in [0.1, 0.15) is 0 Å². The van der Waals surface area contributed by atoms with E-state index in [1.165, 1.54) is 41.9 Å². The van der Waals surface area contributed by atoms with Crippen LogP contribution in [0.15, 0.2) is 12.1 Å². The Labute approximate surface area is 125 Å². The number of nitrogens with two attached hydrogens (primary N) is 1. The van der Waals surface area contributed by atoms with Crippen molar-refractivity contribution in [2.45, 2.75) is 46.1 Å². The monoisotopic (exact) mass is 295 g/mol. The second-order valence-electron chi connectivity index (χ2n) is 5.72. The molecule has 4 nitrogen and oxygen atoms in total. The van der Waals surface area contributed by atoms with Crippen molar-refractivity contribution in [2.24, 2.45) is 11.3 Å². The number of thiophene rings is 1. The van der Waals surface area contributed by atoms with Gasteiger partial charge in [-0.1, -0.05) is 26.7 Å². The summed E-state index contributed by atoms with van der Waals surface area (Å²) in [4.78, 5) is 15.9. The summed E-state index contributed by atoms with van der Waals surface area (Å²) in [5, 5.41) is 0. The van der Waals surface area contributed by atoms with E-state index in [4.69, 9.17) is 5.84 Å². The quantitative estimate of drug-likeness (QED) is 0.499. The zero-order chi connectivity index (χ0) is 14.6. The highest BCUT2D eigenvalue weighted by molar-refractivity contribution is 7.14.